The summed E-state index contributed by atoms with van der Waals surface area (Å²) < 4.78 is 0. The second-order valence-electron chi connectivity index (χ2n) is 6.11. The van der Waals surface area contributed by atoms with E-state index >= 15 is 0 Å². The Balaban J connectivity index is 2.32. The highest BCUT2D eigenvalue weighted by molar-refractivity contribution is 5.86. The number of hydrogen-bond donors (Lipinski definition) is 1. The zero-order valence-corrected chi connectivity index (χ0v) is 12.1. The number of carboxylic acids is 1. The zero-order chi connectivity index (χ0) is 14.2. The van der Waals surface area contributed by atoms with E-state index in [1.54, 1.807) is 4.90 Å². The average molecular weight is 268 g/mol. The van der Waals surface area contributed by atoms with Crippen molar-refractivity contribution < 1.29 is 14.7 Å². The molecule has 1 N–H and O–H groups in total. The number of carbonyl (C=O) groups is 2. The number of aliphatic carboxylic acids is 1. The summed E-state index contributed by atoms with van der Waals surface area (Å²) in [4.78, 5) is 27.8. The van der Waals surface area contributed by atoms with Gasteiger partial charge in [-0.15, -0.1) is 0 Å². The average Bonchev–Trinajstić information content (AvgIpc) is 2.74. The highest BCUT2D eigenvalue weighted by Crippen LogP contribution is 2.38. The van der Waals surface area contributed by atoms with Crippen LogP contribution >= 0.6 is 0 Å². The van der Waals surface area contributed by atoms with Crippen molar-refractivity contribution in [2.45, 2.75) is 64.1 Å². The molecule has 2 atom stereocenters. The van der Waals surface area contributed by atoms with E-state index < -0.39 is 11.5 Å². The highest BCUT2D eigenvalue weighted by atomic mass is 16.4. The SMILES string of the molecule is CC(=O)N(C(C)C)C1(C(=O)O)CCN2CCCC2C1. The van der Waals surface area contributed by atoms with E-state index in [4.69, 9.17) is 0 Å². The van der Waals surface area contributed by atoms with Crippen LogP contribution in [0.2, 0.25) is 0 Å². The second kappa shape index (κ2) is 5.12. The summed E-state index contributed by atoms with van der Waals surface area (Å²) in [6.07, 6.45) is 3.30. The molecule has 0 aliphatic carbocycles. The summed E-state index contributed by atoms with van der Waals surface area (Å²) in [5.74, 6) is -0.980. The molecule has 0 radical (unpaired) electrons. The highest BCUT2D eigenvalue weighted by Gasteiger charge is 2.52. The van der Waals surface area contributed by atoms with E-state index in [9.17, 15) is 14.7 Å². The molecule has 0 saturated carbocycles. The van der Waals surface area contributed by atoms with E-state index in [0.29, 0.717) is 18.9 Å². The molecule has 2 heterocycles. The van der Waals surface area contributed by atoms with Gasteiger partial charge in [0.2, 0.25) is 5.91 Å². The van der Waals surface area contributed by atoms with Crippen molar-refractivity contribution in [1.82, 2.24) is 9.80 Å². The Hall–Kier alpha value is -1.10. The topological polar surface area (TPSA) is 60.9 Å². The first kappa shape index (κ1) is 14.3. The second-order valence-corrected chi connectivity index (χ2v) is 6.11. The van der Waals surface area contributed by atoms with Gasteiger partial charge in [0, 0.05) is 25.6 Å². The summed E-state index contributed by atoms with van der Waals surface area (Å²) in [6.45, 7) is 7.13. The number of rotatable bonds is 3. The Morgan fingerprint density at radius 3 is 2.58 bits per heavy atom. The van der Waals surface area contributed by atoms with E-state index in [0.717, 1.165) is 25.9 Å². The fourth-order valence-electron chi connectivity index (χ4n) is 3.92. The molecule has 5 heteroatoms. The number of carbonyl (C=O) groups excluding carboxylic acids is 1. The number of nitrogens with zero attached hydrogens (tertiary/aromatic N) is 2. The lowest BCUT2D eigenvalue weighted by Crippen LogP contribution is -2.64. The fraction of sp³-hybridized carbons (Fsp3) is 0.857. The fourth-order valence-corrected chi connectivity index (χ4v) is 3.92. The van der Waals surface area contributed by atoms with Gasteiger partial charge in [-0.1, -0.05) is 0 Å². The van der Waals surface area contributed by atoms with E-state index in [-0.39, 0.29) is 11.9 Å². The van der Waals surface area contributed by atoms with Crippen LogP contribution in [0.25, 0.3) is 0 Å². The van der Waals surface area contributed by atoms with Gasteiger partial charge in [0.05, 0.1) is 0 Å². The quantitative estimate of drug-likeness (QED) is 0.838. The summed E-state index contributed by atoms with van der Waals surface area (Å²) in [5, 5.41) is 9.76. The maximum atomic E-state index is 11.9. The number of amides is 1. The summed E-state index contributed by atoms with van der Waals surface area (Å²) in [5.41, 5.74) is -1.01. The van der Waals surface area contributed by atoms with Crippen molar-refractivity contribution in [2.75, 3.05) is 13.1 Å². The van der Waals surface area contributed by atoms with Crippen LogP contribution in [0.1, 0.15) is 46.5 Å². The summed E-state index contributed by atoms with van der Waals surface area (Å²) >= 11 is 0. The van der Waals surface area contributed by atoms with Crippen molar-refractivity contribution in [3.05, 3.63) is 0 Å². The van der Waals surface area contributed by atoms with Crippen LogP contribution in [0.4, 0.5) is 0 Å². The van der Waals surface area contributed by atoms with Crippen LogP contribution in [0.15, 0.2) is 0 Å². The van der Waals surface area contributed by atoms with Crippen LogP contribution in [-0.4, -0.2) is 57.5 Å². The Kier molecular flexibility index (Phi) is 3.85. The number of piperidine rings is 1. The number of hydrogen-bond acceptors (Lipinski definition) is 3. The van der Waals surface area contributed by atoms with Gasteiger partial charge in [-0.2, -0.15) is 0 Å². The first-order valence-corrected chi connectivity index (χ1v) is 7.16. The summed E-state index contributed by atoms with van der Waals surface area (Å²) in [7, 11) is 0. The molecule has 2 fully saturated rings. The van der Waals surface area contributed by atoms with E-state index in [2.05, 4.69) is 4.90 Å². The number of fused-ring (bicyclic) bond motifs is 1. The molecule has 0 aromatic carbocycles. The van der Waals surface area contributed by atoms with Gasteiger partial charge in [-0.3, -0.25) is 4.79 Å². The van der Waals surface area contributed by atoms with Gasteiger partial charge in [-0.25, -0.2) is 4.79 Å². The molecule has 0 aromatic rings. The molecule has 0 aromatic heterocycles. The Morgan fingerprint density at radius 2 is 2.05 bits per heavy atom. The largest absolute Gasteiger partial charge is 0.479 e. The first-order chi connectivity index (χ1) is 8.88. The van der Waals surface area contributed by atoms with Crippen molar-refractivity contribution >= 4 is 11.9 Å². The molecule has 2 rings (SSSR count). The molecule has 0 bridgehead atoms. The molecule has 2 unspecified atom stereocenters. The first-order valence-electron chi connectivity index (χ1n) is 7.16. The van der Waals surface area contributed by atoms with Gasteiger partial charge in [-0.05, 0) is 46.1 Å². The van der Waals surface area contributed by atoms with Crippen molar-refractivity contribution in [1.29, 1.82) is 0 Å². The minimum absolute atomic E-state index is 0.0819. The smallest absolute Gasteiger partial charge is 0.329 e. The molecule has 5 nitrogen and oxygen atoms in total. The van der Waals surface area contributed by atoms with Gasteiger partial charge >= 0.3 is 5.97 Å². The third-order valence-corrected chi connectivity index (χ3v) is 4.60. The molecule has 2 saturated heterocycles. The molecule has 0 spiro atoms. The zero-order valence-electron chi connectivity index (χ0n) is 12.1. The van der Waals surface area contributed by atoms with Crippen LogP contribution in [0.5, 0.6) is 0 Å². The van der Waals surface area contributed by atoms with Crippen LogP contribution in [0, 0.1) is 0 Å². The van der Waals surface area contributed by atoms with Crippen LogP contribution < -0.4 is 0 Å². The minimum atomic E-state index is -1.01. The Morgan fingerprint density at radius 1 is 1.37 bits per heavy atom. The van der Waals surface area contributed by atoms with Crippen molar-refractivity contribution in [3.8, 4) is 0 Å². The number of carboxylic acid groups (broad SMARTS) is 1. The third kappa shape index (κ3) is 2.36. The van der Waals surface area contributed by atoms with Gasteiger partial charge in [0.15, 0.2) is 0 Å². The predicted octanol–water partition coefficient (Wildman–Crippen LogP) is 1.32. The maximum absolute atomic E-state index is 11.9. The lowest BCUT2D eigenvalue weighted by molar-refractivity contribution is -0.166. The Labute approximate surface area is 114 Å². The minimum Gasteiger partial charge on any atom is -0.479 e. The lowest BCUT2D eigenvalue weighted by Gasteiger charge is -2.49. The standard InChI is InChI=1S/C14H24N2O3/c1-10(2)16(11(3)17)14(13(18)19)6-8-15-7-4-5-12(15)9-14/h10,12H,4-9H2,1-3H3,(H,18,19). The maximum Gasteiger partial charge on any atom is 0.329 e. The van der Waals surface area contributed by atoms with E-state index in [1.165, 1.54) is 6.92 Å². The molecular weight excluding hydrogens is 244 g/mol. The normalized spacial score (nSPS) is 31.3. The molecular formula is C14H24N2O3. The van der Waals surface area contributed by atoms with Gasteiger partial charge in [0.25, 0.3) is 0 Å². The predicted molar refractivity (Wildman–Crippen MR) is 71.9 cm³/mol. The molecule has 19 heavy (non-hydrogen) atoms. The Bertz CT molecular complexity index is 383. The van der Waals surface area contributed by atoms with Crippen LogP contribution in [0.3, 0.4) is 0 Å². The van der Waals surface area contributed by atoms with Crippen LogP contribution in [-0.2, 0) is 9.59 Å². The molecule has 2 aliphatic rings. The van der Waals surface area contributed by atoms with Crippen molar-refractivity contribution in [3.63, 3.8) is 0 Å². The van der Waals surface area contributed by atoms with Gasteiger partial charge < -0.3 is 14.9 Å². The van der Waals surface area contributed by atoms with Gasteiger partial charge in [0.1, 0.15) is 5.54 Å². The lowest BCUT2D eigenvalue weighted by atomic mass is 9.80. The third-order valence-electron chi connectivity index (χ3n) is 4.60. The molecule has 1 amide bonds. The van der Waals surface area contributed by atoms with E-state index in [1.807, 2.05) is 13.8 Å². The monoisotopic (exact) mass is 268 g/mol. The molecule has 108 valence electrons. The molecule has 2 aliphatic heterocycles. The van der Waals surface area contributed by atoms with Crippen molar-refractivity contribution in [2.24, 2.45) is 0 Å². The summed E-state index contributed by atoms with van der Waals surface area (Å²) in [6, 6.07) is 0.243.